The number of nitrogens with zero attached hydrogens (tertiary/aromatic N) is 3. The lowest BCUT2D eigenvalue weighted by Gasteiger charge is -2.32. The smallest absolute Gasteiger partial charge is 0.240 e. The van der Waals surface area contributed by atoms with E-state index in [2.05, 4.69) is 57.9 Å². The van der Waals surface area contributed by atoms with Gasteiger partial charge in [0.25, 0.3) is 0 Å². The summed E-state index contributed by atoms with van der Waals surface area (Å²) >= 11 is 0. The van der Waals surface area contributed by atoms with Crippen molar-refractivity contribution in [3.63, 3.8) is 0 Å². The van der Waals surface area contributed by atoms with Crippen LogP contribution in [0.15, 0.2) is 48.5 Å². The quantitative estimate of drug-likeness (QED) is 0.698. The number of fused-ring (bicyclic) bond motifs is 1. The zero-order valence-electron chi connectivity index (χ0n) is 17.4. The predicted molar refractivity (Wildman–Crippen MR) is 117 cm³/mol. The molecule has 0 aliphatic carbocycles. The van der Waals surface area contributed by atoms with Crippen LogP contribution in [0.4, 0.5) is 0 Å². The number of imidazole rings is 1. The summed E-state index contributed by atoms with van der Waals surface area (Å²) < 4.78 is 2.05. The topological polar surface area (TPSA) is 50.2 Å². The summed E-state index contributed by atoms with van der Waals surface area (Å²) in [6, 6.07) is 17.0. The molecule has 0 radical (unpaired) electrons. The van der Waals surface area contributed by atoms with E-state index in [4.69, 9.17) is 0 Å². The van der Waals surface area contributed by atoms with Crippen LogP contribution >= 0.6 is 0 Å². The molecule has 0 unspecified atom stereocenters. The number of rotatable bonds is 6. The van der Waals surface area contributed by atoms with Crippen LogP contribution < -0.4 is 5.32 Å². The molecule has 1 aliphatic rings. The molecule has 4 rings (SSSR count). The number of aryl methyl sites for hydroxylation is 2. The maximum Gasteiger partial charge on any atom is 0.240 e. The molecule has 1 aromatic heterocycles. The number of piperidine rings is 1. The Balaban J connectivity index is 1.31. The first-order valence-electron chi connectivity index (χ1n) is 10.6. The average Bonchev–Trinajstić information content (AvgIpc) is 3.07. The Kier molecular flexibility index (Phi) is 5.95. The number of likely N-dealkylation sites (tertiary alicyclic amines) is 1. The van der Waals surface area contributed by atoms with Crippen molar-refractivity contribution in [2.45, 2.75) is 52.2 Å². The second-order valence-electron chi connectivity index (χ2n) is 8.06. The molecule has 2 aromatic carbocycles. The highest BCUT2D eigenvalue weighted by Crippen LogP contribution is 2.17. The van der Waals surface area contributed by atoms with Crippen molar-refractivity contribution >= 4 is 16.9 Å². The van der Waals surface area contributed by atoms with Gasteiger partial charge in [-0.2, -0.15) is 0 Å². The standard InChI is InChI=1S/C24H30N4O/c1-3-23-26-21-9-4-5-10-22(21)28(23)17-24(29)25-20-11-13-27(14-12-20)16-19-8-6-7-18(2)15-19/h4-10,15,20H,3,11-14,16-17H2,1-2H3,(H,25,29). The SMILES string of the molecule is CCc1nc2ccccc2n1CC(=O)NC1CCN(Cc2cccc(C)c2)CC1. The molecular weight excluding hydrogens is 360 g/mol. The molecular formula is C24H30N4O. The van der Waals surface area contributed by atoms with E-state index in [1.54, 1.807) is 0 Å². The predicted octanol–water partition coefficient (Wildman–Crippen LogP) is 3.69. The van der Waals surface area contributed by atoms with Gasteiger partial charge in [0.1, 0.15) is 12.4 Å². The third kappa shape index (κ3) is 4.67. The minimum Gasteiger partial charge on any atom is -0.352 e. The molecule has 152 valence electrons. The Morgan fingerprint density at radius 3 is 2.69 bits per heavy atom. The van der Waals surface area contributed by atoms with Gasteiger partial charge in [0.2, 0.25) is 5.91 Å². The van der Waals surface area contributed by atoms with Crippen molar-refractivity contribution in [3.05, 3.63) is 65.5 Å². The van der Waals surface area contributed by atoms with Crippen LogP contribution in [0.5, 0.6) is 0 Å². The molecule has 1 aliphatic heterocycles. The van der Waals surface area contributed by atoms with Gasteiger partial charge in [-0.3, -0.25) is 9.69 Å². The largest absolute Gasteiger partial charge is 0.352 e. The Morgan fingerprint density at radius 1 is 1.14 bits per heavy atom. The lowest BCUT2D eigenvalue weighted by Crippen LogP contribution is -2.45. The number of hydrogen-bond donors (Lipinski definition) is 1. The highest BCUT2D eigenvalue weighted by Gasteiger charge is 2.21. The van der Waals surface area contributed by atoms with Crippen molar-refractivity contribution in [2.75, 3.05) is 13.1 Å². The van der Waals surface area contributed by atoms with Gasteiger partial charge in [-0.25, -0.2) is 4.98 Å². The summed E-state index contributed by atoms with van der Waals surface area (Å²) in [6.07, 6.45) is 2.82. The molecule has 1 fully saturated rings. The number of para-hydroxylation sites is 2. The lowest BCUT2D eigenvalue weighted by molar-refractivity contribution is -0.122. The third-order valence-corrected chi connectivity index (χ3v) is 5.79. The molecule has 2 heterocycles. The van der Waals surface area contributed by atoms with Crippen LogP contribution in [0, 0.1) is 6.92 Å². The molecule has 29 heavy (non-hydrogen) atoms. The number of amides is 1. The second-order valence-corrected chi connectivity index (χ2v) is 8.06. The van der Waals surface area contributed by atoms with Gasteiger partial charge >= 0.3 is 0 Å². The molecule has 3 aromatic rings. The van der Waals surface area contributed by atoms with Gasteiger partial charge in [-0.05, 0) is 37.5 Å². The molecule has 1 N–H and O–H groups in total. The van der Waals surface area contributed by atoms with Gasteiger partial charge in [-0.1, -0.05) is 48.9 Å². The number of benzene rings is 2. The molecule has 0 atom stereocenters. The highest BCUT2D eigenvalue weighted by atomic mass is 16.2. The Hall–Kier alpha value is -2.66. The van der Waals surface area contributed by atoms with Gasteiger partial charge in [0.05, 0.1) is 11.0 Å². The summed E-state index contributed by atoms with van der Waals surface area (Å²) in [5, 5.41) is 3.25. The Bertz CT molecular complexity index is 985. The summed E-state index contributed by atoms with van der Waals surface area (Å²) in [7, 11) is 0. The van der Waals surface area contributed by atoms with Gasteiger partial charge < -0.3 is 9.88 Å². The van der Waals surface area contributed by atoms with Crippen LogP contribution in [0.3, 0.4) is 0 Å². The lowest BCUT2D eigenvalue weighted by atomic mass is 10.0. The molecule has 1 saturated heterocycles. The van der Waals surface area contributed by atoms with Crippen LogP contribution in [0.2, 0.25) is 0 Å². The highest BCUT2D eigenvalue weighted by molar-refractivity contribution is 5.81. The van der Waals surface area contributed by atoms with E-state index in [0.717, 1.165) is 55.8 Å². The van der Waals surface area contributed by atoms with E-state index in [0.29, 0.717) is 6.54 Å². The minimum atomic E-state index is 0.0833. The van der Waals surface area contributed by atoms with Crippen molar-refractivity contribution in [1.29, 1.82) is 0 Å². The molecule has 1 amide bonds. The zero-order chi connectivity index (χ0) is 20.2. The minimum absolute atomic E-state index is 0.0833. The van der Waals surface area contributed by atoms with E-state index in [9.17, 15) is 4.79 Å². The Labute approximate surface area is 172 Å². The number of aromatic nitrogens is 2. The van der Waals surface area contributed by atoms with Gasteiger partial charge in [-0.15, -0.1) is 0 Å². The third-order valence-electron chi connectivity index (χ3n) is 5.79. The van der Waals surface area contributed by atoms with Crippen molar-refractivity contribution in [1.82, 2.24) is 19.8 Å². The number of nitrogens with one attached hydrogen (secondary N) is 1. The van der Waals surface area contributed by atoms with Gasteiger partial charge in [0.15, 0.2) is 0 Å². The maximum absolute atomic E-state index is 12.7. The van der Waals surface area contributed by atoms with E-state index in [1.165, 1.54) is 11.1 Å². The fourth-order valence-electron chi connectivity index (χ4n) is 4.29. The Morgan fingerprint density at radius 2 is 1.93 bits per heavy atom. The molecule has 0 saturated carbocycles. The first-order valence-corrected chi connectivity index (χ1v) is 10.6. The summed E-state index contributed by atoms with van der Waals surface area (Å²) in [5.74, 6) is 1.05. The van der Waals surface area contributed by atoms with Gasteiger partial charge in [0, 0.05) is 32.1 Å². The normalized spacial score (nSPS) is 15.7. The van der Waals surface area contributed by atoms with Crippen LogP contribution in [-0.2, 0) is 24.3 Å². The second kappa shape index (κ2) is 8.78. The fourth-order valence-corrected chi connectivity index (χ4v) is 4.29. The van der Waals surface area contributed by atoms with Crippen molar-refractivity contribution in [3.8, 4) is 0 Å². The molecule has 5 nitrogen and oxygen atoms in total. The monoisotopic (exact) mass is 390 g/mol. The molecule has 0 bridgehead atoms. The fraction of sp³-hybridized carbons (Fsp3) is 0.417. The van der Waals surface area contributed by atoms with Crippen molar-refractivity contribution < 1.29 is 4.79 Å². The zero-order valence-corrected chi connectivity index (χ0v) is 17.4. The average molecular weight is 391 g/mol. The number of carbonyl (C=O) groups is 1. The van der Waals surface area contributed by atoms with E-state index >= 15 is 0 Å². The maximum atomic E-state index is 12.7. The van der Waals surface area contributed by atoms with Crippen LogP contribution in [-0.4, -0.2) is 39.5 Å². The number of hydrogen-bond acceptors (Lipinski definition) is 3. The molecule has 5 heteroatoms. The summed E-state index contributed by atoms with van der Waals surface area (Å²) in [6.45, 7) is 7.59. The summed E-state index contributed by atoms with van der Waals surface area (Å²) in [5.41, 5.74) is 4.67. The van der Waals surface area contributed by atoms with Crippen LogP contribution in [0.1, 0.15) is 36.7 Å². The van der Waals surface area contributed by atoms with Crippen molar-refractivity contribution in [2.24, 2.45) is 0 Å². The first-order chi connectivity index (χ1) is 14.1. The summed E-state index contributed by atoms with van der Waals surface area (Å²) in [4.78, 5) is 19.9. The van der Waals surface area contributed by atoms with E-state index < -0.39 is 0 Å². The number of carbonyl (C=O) groups excluding carboxylic acids is 1. The molecule has 0 spiro atoms. The van der Waals surface area contributed by atoms with E-state index in [1.807, 2.05) is 24.3 Å². The first kappa shape index (κ1) is 19.6. The van der Waals surface area contributed by atoms with E-state index in [-0.39, 0.29) is 11.9 Å². The van der Waals surface area contributed by atoms with Crippen LogP contribution in [0.25, 0.3) is 11.0 Å².